The third-order valence-electron chi connectivity index (χ3n) is 10.9. The molecule has 9 heteroatoms. The topological polar surface area (TPSA) is 122 Å². The first-order valence-corrected chi connectivity index (χ1v) is 18.9. The van der Waals surface area contributed by atoms with Crippen molar-refractivity contribution in [1.29, 1.82) is 0 Å². The predicted molar refractivity (Wildman–Crippen MR) is 207 cm³/mol. The molecule has 2 aliphatic rings. The molecule has 1 aromatic heterocycles. The first-order valence-electron chi connectivity index (χ1n) is 18.9. The van der Waals surface area contributed by atoms with E-state index in [1.54, 1.807) is 43.5 Å². The fourth-order valence-corrected chi connectivity index (χ4v) is 7.90. The molecule has 2 amide bonds. The molecule has 0 saturated heterocycles. The van der Waals surface area contributed by atoms with Crippen molar-refractivity contribution in [3.05, 3.63) is 114 Å². The van der Waals surface area contributed by atoms with Gasteiger partial charge in [-0.1, -0.05) is 75.1 Å². The summed E-state index contributed by atoms with van der Waals surface area (Å²) in [7, 11) is 1.59. The summed E-state index contributed by atoms with van der Waals surface area (Å²) in [6.45, 7) is 1.96. The molecule has 1 saturated carbocycles. The molecule has 2 N–H and O–H groups in total. The molecule has 1 fully saturated rings. The molecule has 53 heavy (non-hydrogen) atoms. The Balaban J connectivity index is 1.02. The van der Waals surface area contributed by atoms with Crippen molar-refractivity contribution in [3.8, 4) is 17.1 Å². The fourth-order valence-electron chi connectivity index (χ4n) is 7.90. The summed E-state index contributed by atoms with van der Waals surface area (Å²) in [6.07, 6.45) is 18.2. The number of aliphatic carboxylic acids is 1. The minimum Gasteiger partial charge on any atom is -0.497 e. The third kappa shape index (κ3) is 10.2. The number of carboxylic acids is 1. The van der Waals surface area contributed by atoms with Gasteiger partial charge in [-0.25, -0.2) is 9.97 Å². The summed E-state index contributed by atoms with van der Waals surface area (Å²) in [4.78, 5) is 48.4. The van der Waals surface area contributed by atoms with E-state index < -0.39 is 18.4 Å². The molecule has 9 nitrogen and oxygen atoms in total. The Labute approximate surface area is 312 Å². The number of carbonyl (C=O) groups is 3. The van der Waals surface area contributed by atoms with Gasteiger partial charge in [0.15, 0.2) is 5.82 Å². The lowest BCUT2D eigenvalue weighted by molar-refractivity contribution is -0.137. The Morgan fingerprint density at radius 2 is 1.51 bits per heavy atom. The summed E-state index contributed by atoms with van der Waals surface area (Å²) < 4.78 is 5.16. The Hall–Kier alpha value is -5.31. The normalized spacial score (nSPS) is 18.5. The standard InChI is InChI=1S/C44H50N4O5/c1-3-4-30-5-11-33(12-6-30)34-15-17-35(18-16-34)38-26-45-43(46-27-38)36-13-7-32(8-14-36)28-48(29-42(50)51)44(52)37-19-21-39(22-20-37)47-41(49)25-31-9-23-40(53-2)24-10-31/h7-10,13-14,17,19-24,26-27,30,33-34H,3-6,11-12,15-16,18,25,28-29H2,1-2H3,(H,47,49)(H,50,51). The summed E-state index contributed by atoms with van der Waals surface area (Å²) >= 11 is 0. The smallest absolute Gasteiger partial charge is 0.323 e. The summed E-state index contributed by atoms with van der Waals surface area (Å²) in [5.41, 5.74) is 5.75. The summed E-state index contributed by atoms with van der Waals surface area (Å²) in [5.74, 6) is 2.24. The lowest BCUT2D eigenvalue weighted by atomic mass is 9.70. The number of rotatable bonds is 14. The molecule has 4 aromatic rings. The van der Waals surface area contributed by atoms with Gasteiger partial charge < -0.3 is 20.1 Å². The van der Waals surface area contributed by atoms with E-state index >= 15 is 0 Å². The number of benzene rings is 3. The number of carbonyl (C=O) groups excluding carboxylic acids is 2. The number of aromatic nitrogens is 2. The highest BCUT2D eigenvalue weighted by atomic mass is 16.5. The van der Waals surface area contributed by atoms with Crippen LogP contribution in [0.5, 0.6) is 5.75 Å². The van der Waals surface area contributed by atoms with Crippen molar-refractivity contribution in [3.63, 3.8) is 0 Å². The Morgan fingerprint density at radius 1 is 0.830 bits per heavy atom. The molecule has 0 spiro atoms. The minimum atomic E-state index is -1.11. The number of methoxy groups -OCH3 is 1. The highest BCUT2D eigenvalue weighted by Gasteiger charge is 2.28. The van der Waals surface area contributed by atoms with Crippen molar-refractivity contribution < 1.29 is 24.2 Å². The minimum absolute atomic E-state index is 0.112. The van der Waals surface area contributed by atoms with Crippen LogP contribution in [0.2, 0.25) is 0 Å². The number of carboxylic acid groups (broad SMARTS) is 1. The molecule has 276 valence electrons. The largest absolute Gasteiger partial charge is 0.497 e. The van der Waals surface area contributed by atoms with Crippen molar-refractivity contribution in [2.75, 3.05) is 19.0 Å². The molecule has 1 heterocycles. The number of anilines is 1. The van der Waals surface area contributed by atoms with Crippen molar-refractivity contribution in [2.45, 2.75) is 77.7 Å². The van der Waals surface area contributed by atoms with E-state index in [1.807, 2.05) is 48.8 Å². The van der Waals surface area contributed by atoms with E-state index in [-0.39, 0.29) is 18.9 Å². The van der Waals surface area contributed by atoms with E-state index in [1.165, 1.54) is 55.4 Å². The van der Waals surface area contributed by atoms with E-state index in [0.717, 1.165) is 52.8 Å². The maximum Gasteiger partial charge on any atom is 0.323 e. The van der Waals surface area contributed by atoms with Crippen molar-refractivity contribution in [1.82, 2.24) is 14.9 Å². The van der Waals surface area contributed by atoms with Gasteiger partial charge in [-0.05, 0) is 103 Å². The monoisotopic (exact) mass is 714 g/mol. The second-order valence-electron chi connectivity index (χ2n) is 14.5. The van der Waals surface area contributed by atoms with E-state index in [4.69, 9.17) is 4.74 Å². The Kier molecular flexibility index (Phi) is 12.7. The van der Waals surface area contributed by atoms with Crippen LogP contribution in [0, 0.1) is 17.8 Å². The third-order valence-corrected chi connectivity index (χ3v) is 10.9. The van der Waals surface area contributed by atoms with Crippen LogP contribution in [0.15, 0.2) is 91.3 Å². The van der Waals surface area contributed by atoms with Crippen LogP contribution >= 0.6 is 0 Å². The van der Waals surface area contributed by atoms with Gasteiger partial charge in [0.1, 0.15) is 12.3 Å². The highest BCUT2D eigenvalue weighted by molar-refractivity contribution is 5.97. The number of nitrogens with zero attached hydrogens (tertiary/aromatic N) is 3. The molecule has 1 unspecified atom stereocenters. The molecular weight excluding hydrogens is 665 g/mol. The molecule has 0 aliphatic heterocycles. The number of hydrogen-bond donors (Lipinski definition) is 2. The van der Waals surface area contributed by atoms with Gasteiger partial charge in [-0.15, -0.1) is 0 Å². The van der Waals surface area contributed by atoms with E-state index in [9.17, 15) is 19.5 Å². The van der Waals surface area contributed by atoms with Crippen LogP contribution in [0.3, 0.4) is 0 Å². The van der Waals surface area contributed by atoms with E-state index in [0.29, 0.717) is 22.8 Å². The Bertz CT molecular complexity index is 1860. The van der Waals surface area contributed by atoms with Crippen LogP contribution in [0.4, 0.5) is 5.69 Å². The lowest BCUT2D eigenvalue weighted by Gasteiger charge is -2.35. The van der Waals surface area contributed by atoms with Crippen LogP contribution in [0.25, 0.3) is 17.0 Å². The van der Waals surface area contributed by atoms with Crippen LogP contribution in [-0.4, -0.2) is 51.4 Å². The van der Waals surface area contributed by atoms with Gasteiger partial charge in [-0.3, -0.25) is 14.4 Å². The zero-order valence-corrected chi connectivity index (χ0v) is 30.8. The molecule has 1 atom stereocenters. The Morgan fingerprint density at radius 3 is 2.11 bits per heavy atom. The van der Waals surface area contributed by atoms with Crippen molar-refractivity contribution >= 4 is 29.0 Å². The number of allylic oxidation sites excluding steroid dienone is 2. The number of nitrogens with one attached hydrogen (secondary N) is 1. The van der Waals surface area contributed by atoms with Gasteiger partial charge in [0.05, 0.1) is 13.5 Å². The molecule has 3 aromatic carbocycles. The predicted octanol–water partition coefficient (Wildman–Crippen LogP) is 8.85. The van der Waals surface area contributed by atoms with Gasteiger partial charge in [-0.2, -0.15) is 0 Å². The molecule has 6 rings (SSSR count). The lowest BCUT2D eigenvalue weighted by Crippen LogP contribution is -2.35. The summed E-state index contributed by atoms with van der Waals surface area (Å²) in [6, 6.07) is 21.3. The SMILES string of the molecule is CCCC1CCC(C2CC=C(c3cnc(-c4ccc(CN(CC(=O)O)C(=O)c5ccc(NC(=O)Cc6ccc(OC)cc6)cc5)cc4)nc3)CC2)CC1. The average molecular weight is 715 g/mol. The number of hydrogen-bond acceptors (Lipinski definition) is 6. The quantitative estimate of drug-likeness (QED) is 0.134. The second-order valence-corrected chi connectivity index (χ2v) is 14.5. The van der Waals surface area contributed by atoms with Crippen LogP contribution in [-0.2, 0) is 22.6 Å². The van der Waals surface area contributed by atoms with Gasteiger partial charge >= 0.3 is 5.97 Å². The molecule has 2 aliphatic carbocycles. The molecule has 0 bridgehead atoms. The number of amides is 2. The van der Waals surface area contributed by atoms with Gasteiger partial charge in [0.25, 0.3) is 5.91 Å². The second kappa shape index (κ2) is 17.9. The van der Waals surface area contributed by atoms with Crippen LogP contribution < -0.4 is 10.1 Å². The number of ether oxygens (including phenoxy) is 1. The molecule has 0 radical (unpaired) electrons. The van der Waals surface area contributed by atoms with E-state index in [2.05, 4.69) is 28.3 Å². The maximum absolute atomic E-state index is 13.4. The van der Waals surface area contributed by atoms with Crippen LogP contribution in [0.1, 0.15) is 91.8 Å². The summed E-state index contributed by atoms with van der Waals surface area (Å²) in [5, 5.41) is 12.4. The first-order chi connectivity index (χ1) is 25.8. The van der Waals surface area contributed by atoms with Gasteiger partial charge in [0.2, 0.25) is 5.91 Å². The maximum atomic E-state index is 13.4. The zero-order valence-electron chi connectivity index (χ0n) is 30.8. The first kappa shape index (κ1) is 37.4. The average Bonchev–Trinajstić information content (AvgIpc) is 3.19. The van der Waals surface area contributed by atoms with Gasteiger partial charge in [0, 0.05) is 41.3 Å². The molecular formula is C44H50N4O5. The zero-order chi connectivity index (χ0) is 37.2. The van der Waals surface area contributed by atoms with Crippen molar-refractivity contribution in [2.24, 2.45) is 17.8 Å². The highest BCUT2D eigenvalue weighted by Crippen LogP contribution is 2.42. The fraction of sp³-hybridized carbons (Fsp3) is 0.386.